The van der Waals surface area contributed by atoms with Crippen LogP contribution in [0.15, 0.2) is 18.2 Å². The van der Waals surface area contributed by atoms with Gasteiger partial charge in [0, 0.05) is 28.5 Å². The fourth-order valence-corrected chi connectivity index (χ4v) is 3.00. The molecule has 0 bridgehead atoms. The largest absolute Gasteiger partial charge is 0.399 e. The molecule has 2 nitrogen and oxygen atoms in total. The highest BCUT2D eigenvalue weighted by Crippen LogP contribution is 2.24. The minimum absolute atomic E-state index is 0.545. The second-order valence-corrected chi connectivity index (χ2v) is 5.89. The van der Waals surface area contributed by atoms with Crippen molar-refractivity contribution >= 4 is 29.9 Å². The number of anilines is 1. The van der Waals surface area contributed by atoms with Crippen LogP contribution in [0.4, 0.5) is 5.69 Å². The SMILES string of the molecule is Nc1ccc(CN[C@@H]2CCC[C@H](S)C2)c(Cl)c1. The average Bonchev–Trinajstić information content (AvgIpc) is 2.28. The van der Waals surface area contributed by atoms with Crippen LogP contribution < -0.4 is 11.1 Å². The standard InChI is InChI=1S/C13H19ClN2S/c14-13-6-10(15)5-4-9(13)8-16-11-2-1-3-12(17)7-11/h4-6,11-12,16-17H,1-3,7-8,15H2/t11-,12+/m1/s1. The van der Waals surface area contributed by atoms with E-state index in [0.29, 0.717) is 17.0 Å². The molecule has 0 aliphatic heterocycles. The van der Waals surface area contributed by atoms with Crippen molar-refractivity contribution in [1.82, 2.24) is 5.32 Å². The Bertz CT molecular complexity index is 384. The third kappa shape index (κ3) is 3.80. The monoisotopic (exact) mass is 270 g/mol. The van der Waals surface area contributed by atoms with Gasteiger partial charge >= 0.3 is 0 Å². The van der Waals surface area contributed by atoms with Gasteiger partial charge < -0.3 is 11.1 Å². The molecule has 0 spiro atoms. The van der Waals surface area contributed by atoms with Gasteiger partial charge in [0.1, 0.15) is 0 Å². The lowest BCUT2D eigenvalue weighted by Crippen LogP contribution is -2.34. The lowest BCUT2D eigenvalue weighted by atomic mass is 9.95. The summed E-state index contributed by atoms with van der Waals surface area (Å²) in [6.45, 7) is 0.810. The molecule has 2 rings (SSSR count). The second kappa shape index (κ2) is 5.98. The van der Waals surface area contributed by atoms with E-state index in [0.717, 1.165) is 23.6 Å². The number of halogens is 1. The maximum atomic E-state index is 6.14. The van der Waals surface area contributed by atoms with Gasteiger partial charge in [0.25, 0.3) is 0 Å². The number of thiol groups is 1. The zero-order valence-corrected chi connectivity index (χ0v) is 11.5. The highest BCUT2D eigenvalue weighted by Gasteiger charge is 2.18. The number of nitrogens with two attached hydrogens (primary N) is 1. The lowest BCUT2D eigenvalue weighted by molar-refractivity contribution is 0.380. The summed E-state index contributed by atoms with van der Waals surface area (Å²) in [5.74, 6) is 0. The van der Waals surface area contributed by atoms with Gasteiger partial charge in [-0.1, -0.05) is 24.1 Å². The van der Waals surface area contributed by atoms with Crippen molar-refractivity contribution in [2.24, 2.45) is 0 Å². The van der Waals surface area contributed by atoms with Crippen LogP contribution in [0.25, 0.3) is 0 Å². The van der Waals surface area contributed by atoms with Crippen molar-refractivity contribution in [3.05, 3.63) is 28.8 Å². The van der Waals surface area contributed by atoms with Crippen molar-refractivity contribution in [2.75, 3.05) is 5.73 Å². The maximum Gasteiger partial charge on any atom is 0.0471 e. The third-order valence-electron chi connectivity index (χ3n) is 3.30. The number of benzene rings is 1. The molecule has 94 valence electrons. The first-order valence-corrected chi connectivity index (χ1v) is 7.00. The van der Waals surface area contributed by atoms with Gasteiger partial charge in [0.2, 0.25) is 0 Å². The van der Waals surface area contributed by atoms with E-state index < -0.39 is 0 Å². The van der Waals surface area contributed by atoms with Gasteiger partial charge in [-0.25, -0.2) is 0 Å². The Hall–Kier alpha value is -0.380. The van der Waals surface area contributed by atoms with E-state index in [1.165, 1.54) is 19.3 Å². The first kappa shape index (κ1) is 13.1. The zero-order chi connectivity index (χ0) is 12.3. The number of nitrogens with one attached hydrogen (secondary N) is 1. The van der Waals surface area contributed by atoms with Crippen LogP contribution in [-0.4, -0.2) is 11.3 Å². The van der Waals surface area contributed by atoms with E-state index in [2.05, 4.69) is 17.9 Å². The predicted molar refractivity (Wildman–Crippen MR) is 77.7 cm³/mol. The van der Waals surface area contributed by atoms with Crippen LogP contribution in [0, 0.1) is 0 Å². The molecule has 1 aromatic rings. The third-order valence-corrected chi connectivity index (χ3v) is 4.13. The van der Waals surface area contributed by atoms with Crippen LogP contribution in [0.3, 0.4) is 0 Å². The maximum absolute atomic E-state index is 6.14. The van der Waals surface area contributed by atoms with Gasteiger partial charge in [-0.05, 0) is 37.0 Å². The molecule has 0 amide bonds. The summed E-state index contributed by atoms with van der Waals surface area (Å²) < 4.78 is 0. The average molecular weight is 271 g/mol. The Labute approximate surface area is 113 Å². The number of nitrogen functional groups attached to an aromatic ring is 1. The Kier molecular flexibility index (Phi) is 4.60. The fraction of sp³-hybridized carbons (Fsp3) is 0.538. The van der Waals surface area contributed by atoms with Crippen LogP contribution in [-0.2, 0) is 6.54 Å². The van der Waals surface area contributed by atoms with Crippen molar-refractivity contribution in [3.8, 4) is 0 Å². The highest BCUT2D eigenvalue weighted by molar-refractivity contribution is 7.80. The number of hydrogen-bond donors (Lipinski definition) is 3. The first-order chi connectivity index (χ1) is 8.15. The minimum atomic E-state index is 0.545. The molecular weight excluding hydrogens is 252 g/mol. The van der Waals surface area contributed by atoms with Crippen LogP contribution in [0.1, 0.15) is 31.2 Å². The smallest absolute Gasteiger partial charge is 0.0471 e. The molecule has 1 aromatic carbocycles. The molecule has 0 unspecified atom stereocenters. The van der Waals surface area contributed by atoms with E-state index in [4.69, 9.17) is 17.3 Å². The molecule has 0 aromatic heterocycles. The molecule has 1 fully saturated rings. The fourth-order valence-electron chi connectivity index (χ4n) is 2.31. The van der Waals surface area contributed by atoms with Crippen LogP contribution in [0.5, 0.6) is 0 Å². The molecule has 0 heterocycles. The Morgan fingerprint density at radius 2 is 2.24 bits per heavy atom. The van der Waals surface area contributed by atoms with Gasteiger partial charge in [-0.15, -0.1) is 0 Å². The summed E-state index contributed by atoms with van der Waals surface area (Å²) in [7, 11) is 0. The second-order valence-electron chi connectivity index (χ2n) is 4.75. The van der Waals surface area contributed by atoms with Gasteiger partial charge in [0.15, 0.2) is 0 Å². The number of hydrogen-bond acceptors (Lipinski definition) is 3. The molecule has 2 atom stereocenters. The van der Waals surface area contributed by atoms with E-state index in [1.54, 1.807) is 6.07 Å². The first-order valence-electron chi connectivity index (χ1n) is 6.10. The van der Waals surface area contributed by atoms with Crippen molar-refractivity contribution in [2.45, 2.75) is 43.5 Å². The number of rotatable bonds is 3. The van der Waals surface area contributed by atoms with E-state index >= 15 is 0 Å². The summed E-state index contributed by atoms with van der Waals surface area (Å²) in [5, 5.41) is 4.85. The summed E-state index contributed by atoms with van der Waals surface area (Å²) in [6.07, 6.45) is 4.89. The Morgan fingerprint density at radius 1 is 1.41 bits per heavy atom. The lowest BCUT2D eigenvalue weighted by Gasteiger charge is -2.27. The van der Waals surface area contributed by atoms with Gasteiger partial charge in [0.05, 0.1) is 0 Å². The molecular formula is C13H19ClN2S. The Morgan fingerprint density at radius 3 is 2.94 bits per heavy atom. The Balaban J connectivity index is 1.88. The molecule has 1 saturated carbocycles. The van der Waals surface area contributed by atoms with Crippen molar-refractivity contribution < 1.29 is 0 Å². The van der Waals surface area contributed by atoms with Crippen molar-refractivity contribution in [1.29, 1.82) is 0 Å². The molecule has 3 N–H and O–H groups in total. The molecule has 0 saturated heterocycles. The quantitative estimate of drug-likeness (QED) is 0.583. The predicted octanol–water partition coefficient (Wildman–Crippen LogP) is 3.25. The van der Waals surface area contributed by atoms with Crippen molar-refractivity contribution in [3.63, 3.8) is 0 Å². The van der Waals surface area contributed by atoms with E-state index in [1.807, 2.05) is 12.1 Å². The van der Waals surface area contributed by atoms with E-state index in [9.17, 15) is 0 Å². The highest BCUT2D eigenvalue weighted by atomic mass is 35.5. The molecule has 1 aliphatic rings. The zero-order valence-electron chi connectivity index (χ0n) is 9.82. The van der Waals surface area contributed by atoms with Crippen LogP contribution >= 0.6 is 24.2 Å². The molecule has 4 heteroatoms. The summed E-state index contributed by atoms with van der Waals surface area (Å²) in [6, 6.07) is 6.26. The minimum Gasteiger partial charge on any atom is -0.399 e. The molecule has 1 aliphatic carbocycles. The summed E-state index contributed by atoms with van der Waals surface area (Å²) >= 11 is 10.7. The van der Waals surface area contributed by atoms with Gasteiger partial charge in [-0.2, -0.15) is 12.6 Å². The molecule has 0 radical (unpaired) electrons. The normalized spacial score (nSPS) is 24.8. The van der Waals surface area contributed by atoms with E-state index in [-0.39, 0.29) is 0 Å². The van der Waals surface area contributed by atoms with Gasteiger partial charge in [-0.3, -0.25) is 0 Å². The summed E-state index contributed by atoms with van der Waals surface area (Å²) in [4.78, 5) is 0. The topological polar surface area (TPSA) is 38.0 Å². The molecule has 17 heavy (non-hydrogen) atoms. The summed E-state index contributed by atoms with van der Waals surface area (Å²) in [5.41, 5.74) is 7.50. The van der Waals surface area contributed by atoms with Crippen LogP contribution in [0.2, 0.25) is 5.02 Å².